The molecule has 168 valence electrons. The summed E-state index contributed by atoms with van der Waals surface area (Å²) in [5, 5.41) is 0. The number of hydrogen-bond acceptors (Lipinski definition) is 11. The quantitative estimate of drug-likeness (QED) is 0.249. The SMILES string of the molecule is Nc1nc(F)nc2c1ncn2C1CC[C@@H](COP(=O)(O)OP(=O)(O)OP(=O)(O)O)O1. The summed E-state index contributed by atoms with van der Waals surface area (Å²) in [6.07, 6.45) is -0.668. The number of nitrogen functional groups attached to an aromatic ring is 1. The van der Waals surface area contributed by atoms with Crippen LogP contribution < -0.4 is 5.73 Å². The number of halogens is 1. The Morgan fingerprint density at radius 1 is 1.17 bits per heavy atom. The lowest BCUT2D eigenvalue weighted by Gasteiger charge is -2.18. The molecule has 3 unspecified atom stereocenters. The van der Waals surface area contributed by atoms with Crippen LogP contribution in [0.3, 0.4) is 0 Å². The zero-order valence-electron chi connectivity index (χ0n) is 14.6. The fourth-order valence-electron chi connectivity index (χ4n) is 2.62. The molecule has 2 aromatic heterocycles. The molecule has 1 saturated heterocycles. The smallest absolute Gasteiger partial charge is 0.382 e. The summed E-state index contributed by atoms with van der Waals surface area (Å²) in [7, 11) is -16.3. The van der Waals surface area contributed by atoms with Crippen molar-refractivity contribution >= 4 is 40.4 Å². The van der Waals surface area contributed by atoms with Gasteiger partial charge in [-0.25, -0.2) is 18.7 Å². The van der Waals surface area contributed by atoms with Crippen LogP contribution in [0.15, 0.2) is 6.33 Å². The molecule has 0 aliphatic carbocycles. The van der Waals surface area contributed by atoms with E-state index in [1.54, 1.807) is 0 Å². The van der Waals surface area contributed by atoms with Crippen LogP contribution in [0.5, 0.6) is 0 Å². The second kappa shape index (κ2) is 8.30. The van der Waals surface area contributed by atoms with Crippen molar-refractivity contribution < 1.29 is 55.5 Å². The number of hydrogen-bond donors (Lipinski definition) is 5. The lowest BCUT2D eigenvalue weighted by atomic mass is 10.2. The summed E-state index contributed by atoms with van der Waals surface area (Å²) >= 11 is 0. The van der Waals surface area contributed by atoms with Gasteiger partial charge in [0.05, 0.1) is 19.0 Å². The number of nitrogens with two attached hydrogens (primary N) is 1. The van der Waals surface area contributed by atoms with Gasteiger partial charge in [-0.2, -0.15) is 23.0 Å². The maximum Gasteiger partial charge on any atom is 0.490 e. The summed E-state index contributed by atoms with van der Waals surface area (Å²) in [4.78, 5) is 46.5. The van der Waals surface area contributed by atoms with Crippen LogP contribution in [-0.4, -0.2) is 51.8 Å². The molecule has 1 aliphatic rings. The highest BCUT2D eigenvalue weighted by Gasteiger charge is 2.41. The summed E-state index contributed by atoms with van der Waals surface area (Å²) in [5.74, 6) is -0.168. The second-order valence-electron chi connectivity index (χ2n) is 5.88. The van der Waals surface area contributed by atoms with E-state index in [1.165, 1.54) is 10.9 Å². The Bertz CT molecular complexity index is 1090. The molecule has 6 N–H and O–H groups in total. The molecule has 0 aromatic carbocycles. The zero-order chi connectivity index (χ0) is 22.3. The van der Waals surface area contributed by atoms with E-state index in [4.69, 9.17) is 25.2 Å². The number of phosphoric acid groups is 3. The molecule has 20 heteroatoms. The fraction of sp³-hybridized carbons (Fsp3) is 0.500. The summed E-state index contributed by atoms with van der Waals surface area (Å²) in [5.41, 5.74) is 5.80. The van der Waals surface area contributed by atoms with Gasteiger partial charge in [-0.1, -0.05) is 0 Å². The molecule has 30 heavy (non-hydrogen) atoms. The zero-order valence-corrected chi connectivity index (χ0v) is 17.3. The number of ether oxygens (including phenoxy) is 1. The first-order valence-electron chi connectivity index (χ1n) is 7.84. The highest BCUT2D eigenvalue weighted by atomic mass is 31.3. The van der Waals surface area contributed by atoms with Crippen LogP contribution in [-0.2, 0) is 31.6 Å². The van der Waals surface area contributed by atoms with Gasteiger partial charge in [0, 0.05) is 0 Å². The molecule has 0 amide bonds. The van der Waals surface area contributed by atoms with E-state index >= 15 is 0 Å². The van der Waals surface area contributed by atoms with Crippen molar-refractivity contribution in [2.24, 2.45) is 0 Å². The van der Waals surface area contributed by atoms with Gasteiger partial charge in [-0.3, -0.25) is 9.09 Å². The first-order chi connectivity index (χ1) is 13.7. The summed E-state index contributed by atoms with van der Waals surface area (Å²) in [6.45, 7) is -0.599. The molecule has 1 aliphatic heterocycles. The average molecular weight is 493 g/mol. The molecular weight excluding hydrogens is 478 g/mol. The predicted octanol–water partition coefficient (Wildman–Crippen LogP) is 0.568. The van der Waals surface area contributed by atoms with Crippen LogP contribution in [0.4, 0.5) is 10.2 Å². The van der Waals surface area contributed by atoms with Gasteiger partial charge >= 0.3 is 29.5 Å². The van der Waals surface area contributed by atoms with Gasteiger partial charge in [0.25, 0.3) is 0 Å². The third kappa shape index (κ3) is 5.87. The van der Waals surface area contributed by atoms with Crippen LogP contribution in [0.2, 0.25) is 0 Å². The van der Waals surface area contributed by atoms with Crippen molar-refractivity contribution in [2.45, 2.75) is 25.2 Å². The number of phosphoric ester groups is 1. The summed E-state index contributed by atoms with van der Waals surface area (Å²) < 4.78 is 65.8. The van der Waals surface area contributed by atoms with Crippen LogP contribution in [0, 0.1) is 6.08 Å². The highest BCUT2D eigenvalue weighted by Crippen LogP contribution is 2.66. The Morgan fingerprint density at radius 3 is 2.53 bits per heavy atom. The maximum absolute atomic E-state index is 13.4. The topological polar surface area (TPSA) is 239 Å². The number of aromatic nitrogens is 4. The van der Waals surface area contributed by atoms with Crippen molar-refractivity contribution in [3.8, 4) is 0 Å². The Hall–Kier alpha value is -1.35. The Balaban J connectivity index is 1.61. The minimum Gasteiger partial charge on any atom is -0.382 e. The normalized spacial score (nSPS) is 24.0. The third-order valence-electron chi connectivity index (χ3n) is 3.66. The second-order valence-corrected chi connectivity index (χ2v) is 10.3. The van der Waals surface area contributed by atoms with E-state index in [9.17, 15) is 23.0 Å². The van der Waals surface area contributed by atoms with Crippen LogP contribution in [0.1, 0.15) is 19.1 Å². The largest absolute Gasteiger partial charge is 0.490 e. The van der Waals surface area contributed by atoms with Crippen molar-refractivity contribution in [2.75, 3.05) is 12.3 Å². The minimum atomic E-state index is -5.60. The fourth-order valence-corrected chi connectivity index (χ4v) is 5.67. The minimum absolute atomic E-state index is 0.0681. The van der Waals surface area contributed by atoms with Crippen LogP contribution in [0.25, 0.3) is 11.2 Å². The van der Waals surface area contributed by atoms with Gasteiger partial charge in [-0.05, 0) is 12.8 Å². The monoisotopic (exact) mass is 493 g/mol. The van der Waals surface area contributed by atoms with Gasteiger partial charge in [0.1, 0.15) is 6.23 Å². The Morgan fingerprint density at radius 2 is 1.87 bits per heavy atom. The molecule has 0 spiro atoms. The van der Waals surface area contributed by atoms with Gasteiger partial charge in [-0.15, -0.1) is 0 Å². The standard InChI is InChI=1S/C10H15FN5O11P3/c11-10-14-8(12)7-9(15-10)16(4-13-7)6-2-1-5(25-6)3-24-29(20,21)27-30(22,23)26-28(17,18)19/h4-6H,1-3H2,(H,20,21)(H,22,23)(H2,12,14,15)(H2,17,18,19)/t5-,6?/m0/s1. The molecule has 0 bridgehead atoms. The van der Waals surface area contributed by atoms with Crippen molar-refractivity contribution in [1.29, 1.82) is 0 Å². The molecule has 1 fully saturated rings. The highest BCUT2D eigenvalue weighted by molar-refractivity contribution is 7.66. The van der Waals surface area contributed by atoms with E-state index in [-0.39, 0.29) is 23.4 Å². The molecule has 4 atom stereocenters. The Labute approximate surface area is 166 Å². The Kier molecular flexibility index (Phi) is 6.45. The van der Waals surface area contributed by atoms with E-state index in [1.807, 2.05) is 0 Å². The number of nitrogens with zero attached hydrogens (tertiary/aromatic N) is 4. The van der Waals surface area contributed by atoms with Crippen molar-refractivity contribution in [1.82, 2.24) is 19.5 Å². The van der Waals surface area contributed by atoms with Gasteiger partial charge in [0.2, 0.25) is 0 Å². The molecule has 2 aromatic rings. The molecule has 3 heterocycles. The molecule has 0 saturated carbocycles. The first kappa shape index (κ1) is 23.3. The van der Waals surface area contributed by atoms with Gasteiger partial charge in [0.15, 0.2) is 17.0 Å². The predicted molar refractivity (Wildman–Crippen MR) is 92.7 cm³/mol. The number of rotatable bonds is 8. The molecule has 3 rings (SSSR count). The lowest BCUT2D eigenvalue weighted by Crippen LogP contribution is -2.16. The number of fused-ring (bicyclic) bond motifs is 1. The first-order valence-corrected chi connectivity index (χ1v) is 12.4. The molecule has 16 nitrogen and oxygen atoms in total. The van der Waals surface area contributed by atoms with Crippen molar-refractivity contribution in [3.63, 3.8) is 0 Å². The number of imidazole rings is 1. The van der Waals surface area contributed by atoms with Gasteiger partial charge < -0.3 is 30.0 Å². The van der Waals surface area contributed by atoms with E-state index in [0.29, 0.717) is 6.42 Å². The average Bonchev–Trinajstić information content (AvgIpc) is 3.15. The molecule has 0 radical (unpaired) electrons. The third-order valence-corrected chi connectivity index (χ3v) is 7.46. The molecular formula is C10H15FN5O11P3. The van der Waals surface area contributed by atoms with E-state index in [2.05, 4.69) is 28.1 Å². The lowest BCUT2D eigenvalue weighted by molar-refractivity contribution is -0.0205. The van der Waals surface area contributed by atoms with E-state index in [0.717, 1.165) is 0 Å². The summed E-state index contributed by atoms with van der Waals surface area (Å²) in [6, 6.07) is 0. The van der Waals surface area contributed by atoms with Crippen molar-refractivity contribution in [3.05, 3.63) is 12.4 Å². The maximum atomic E-state index is 13.4. The van der Waals surface area contributed by atoms with E-state index < -0.39 is 48.5 Å². The number of anilines is 1. The van der Waals surface area contributed by atoms with Crippen LogP contribution >= 0.6 is 23.5 Å².